The molecule has 2 aromatic rings. The van der Waals surface area contributed by atoms with Crippen LogP contribution in [0.3, 0.4) is 0 Å². The van der Waals surface area contributed by atoms with Crippen molar-refractivity contribution in [3.05, 3.63) is 6.20 Å². The number of ether oxygens (including phenoxy) is 2. The molecule has 1 amide bonds. The summed E-state index contributed by atoms with van der Waals surface area (Å²) < 4.78 is 12.3. The van der Waals surface area contributed by atoms with Gasteiger partial charge < -0.3 is 40.0 Å². The molecule has 0 aromatic carbocycles. The van der Waals surface area contributed by atoms with Crippen LogP contribution in [0.1, 0.15) is 13.2 Å². The average Bonchev–Trinajstić information content (AvgIpc) is 3.01. The molecule has 2 aliphatic heterocycles. The summed E-state index contributed by atoms with van der Waals surface area (Å²) in [5.74, 6) is 0.00202. The topological polar surface area (TPSA) is 151 Å². The van der Waals surface area contributed by atoms with Gasteiger partial charge in [-0.3, -0.25) is 4.79 Å². The summed E-state index contributed by atoms with van der Waals surface area (Å²) >= 11 is 0. The van der Waals surface area contributed by atoms with E-state index in [2.05, 4.69) is 20.6 Å². The molecule has 140 valence electrons. The maximum absolute atomic E-state index is 11.9. The smallest absolute Gasteiger partial charge is 0.320 e. The number of hydrogen-bond acceptors (Lipinski definition) is 9. The molecule has 0 saturated carbocycles. The first-order valence-corrected chi connectivity index (χ1v) is 8.04. The van der Waals surface area contributed by atoms with Crippen molar-refractivity contribution in [1.29, 1.82) is 0 Å². The van der Waals surface area contributed by atoms with E-state index < -0.39 is 30.6 Å². The van der Waals surface area contributed by atoms with Gasteiger partial charge in [0.1, 0.15) is 17.8 Å². The van der Waals surface area contributed by atoms with Crippen molar-refractivity contribution in [3.8, 4) is 6.01 Å². The SMILES string of the molecule is COc1nc2c3c(cn(C4O[C@H](CO)[C@@H](O)[C@]4(C)O)c3n1)NCC(=O)N2. The van der Waals surface area contributed by atoms with Gasteiger partial charge in [-0.2, -0.15) is 9.97 Å². The molecule has 1 fully saturated rings. The van der Waals surface area contributed by atoms with Gasteiger partial charge >= 0.3 is 6.01 Å². The Morgan fingerprint density at radius 1 is 1.50 bits per heavy atom. The van der Waals surface area contributed by atoms with Crippen molar-refractivity contribution in [2.75, 3.05) is 30.9 Å². The highest BCUT2D eigenvalue weighted by atomic mass is 16.6. The molecule has 2 aromatic heterocycles. The zero-order chi connectivity index (χ0) is 18.6. The van der Waals surface area contributed by atoms with E-state index in [0.29, 0.717) is 16.7 Å². The molecule has 0 aliphatic carbocycles. The first-order valence-electron chi connectivity index (χ1n) is 8.04. The Kier molecular flexibility index (Phi) is 3.77. The highest BCUT2D eigenvalue weighted by Crippen LogP contribution is 2.43. The van der Waals surface area contributed by atoms with E-state index in [0.717, 1.165) is 0 Å². The van der Waals surface area contributed by atoms with E-state index in [1.165, 1.54) is 18.6 Å². The lowest BCUT2D eigenvalue weighted by molar-refractivity contribution is -0.114. The van der Waals surface area contributed by atoms with Crippen LogP contribution in [-0.2, 0) is 9.53 Å². The number of amides is 1. The molecule has 4 rings (SSSR count). The van der Waals surface area contributed by atoms with Crippen LogP contribution >= 0.6 is 0 Å². The zero-order valence-electron chi connectivity index (χ0n) is 14.1. The second kappa shape index (κ2) is 5.77. The number of anilines is 2. The molecule has 11 heteroatoms. The number of aliphatic hydroxyl groups is 3. The number of nitrogens with zero attached hydrogens (tertiary/aromatic N) is 3. The Hall–Kier alpha value is -2.47. The molecule has 1 saturated heterocycles. The molecule has 0 bridgehead atoms. The third-order valence-corrected chi connectivity index (χ3v) is 4.72. The zero-order valence-corrected chi connectivity index (χ0v) is 14.1. The fourth-order valence-electron chi connectivity index (χ4n) is 3.37. The molecule has 4 atom stereocenters. The van der Waals surface area contributed by atoms with Crippen LogP contribution in [0.4, 0.5) is 11.5 Å². The molecule has 5 N–H and O–H groups in total. The third kappa shape index (κ3) is 2.32. The number of carbonyl (C=O) groups excluding carboxylic acids is 1. The second-order valence-corrected chi connectivity index (χ2v) is 6.49. The predicted molar refractivity (Wildman–Crippen MR) is 88.8 cm³/mol. The van der Waals surface area contributed by atoms with Crippen molar-refractivity contribution >= 4 is 28.4 Å². The van der Waals surface area contributed by atoms with Gasteiger partial charge in [0.25, 0.3) is 0 Å². The molecule has 2 aliphatic rings. The first kappa shape index (κ1) is 17.0. The number of rotatable bonds is 3. The summed E-state index contributed by atoms with van der Waals surface area (Å²) in [6.45, 7) is 1.00. The maximum atomic E-state index is 11.9. The standard InChI is InChI=1S/C15H19N5O6/c1-15(24)10(23)7(5-21)26-13(15)20-4-6-9-11(17-8(22)3-16-6)18-14(25-2)19-12(9)20/h4,7,10,13,16,21,23-24H,3,5H2,1-2H3,(H,17,18,19,22)/t7-,10-,13?,15+/m1/s1. The van der Waals surface area contributed by atoms with Crippen molar-refractivity contribution in [1.82, 2.24) is 14.5 Å². The lowest BCUT2D eigenvalue weighted by Crippen LogP contribution is -2.44. The Morgan fingerprint density at radius 3 is 2.92 bits per heavy atom. The Bertz CT molecular complexity index is 881. The molecule has 0 spiro atoms. The second-order valence-electron chi connectivity index (χ2n) is 6.49. The molecular weight excluding hydrogens is 346 g/mol. The highest BCUT2D eigenvalue weighted by molar-refractivity contribution is 6.08. The lowest BCUT2D eigenvalue weighted by Gasteiger charge is -2.27. The van der Waals surface area contributed by atoms with Crippen LogP contribution < -0.4 is 15.4 Å². The molecule has 1 unspecified atom stereocenters. The summed E-state index contributed by atoms with van der Waals surface area (Å²) in [7, 11) is 1.40. The number of hydrogen-bond donors (Lipinski definition) is 5. The normalized spacial score (nSPS) is 30.8. The third-order valence-electron chi connectivity index (χ3n) is 4.72. The number of nitrogens with one attached hydrogen (secondary N) is 2. The summed E-state index contributed by atoms with van der Waals surface area (Å²) in [5.41, 5.74) is -0.771. The number of carbonyl (C=O) groups is 1. The highest BCUT2D eigenvalue weighted by Gasteiger charge is 2.53. The van der Waals surface area contributed by atoms with Gasteiger partial charge in [0.15, 0.2) is 17.7 Å². The Labute approximate surface area is 147 Å². The molecule has 4 heterocycles. The van der Waals surface area contributed by atoms with Crippen LogP contribution in [0.25, 0.3) is 11.0 Å². The summed E-state index contributed by atoms with van der Waals surface area (Å²) in [4.78, 5) is 20.3. The van der Waals surface area contributed by atoms with Crippen molar-refractivity contribution in [2.45, 2.75) is 31.0 Å². The number of methoxy groups -OCH3 is 1. The Morgan fingerprint density at radius 2 is 2.27 bits per heavy atom. The van der Waals surface area contributed by atoms with Crippen LogP contribution in [0.2, 0.25) is 0 Å². The van der Waals surface area contributed by atoms with Crippen LogP contribution in [0.5, 0.6) is 6.01 Å². The van der Waals surface area contributed by atoms with Gasteiger partial charge in [-0.25, -0.2) is 0 Å². The monoisotopic (exact) mass is 365 g/mol. The van der Waals surface area contributed by atoms with E-state index >= 15 is 0 Å². The first-order chi connectivity index (χ1) is 12.4. The largest absolute Gasteiger partial charge is 0.467 e. The summed E-state index contributed by atoms with van der Waals surface area (Å²) in [6.07, 6.45) is -1.63. The maximum Gasteiger partial charge on any atom is 0.320 e. The minimum atomic E-state index is -1.68. The van der Waals surface area contributed by atoms with E-state index in [9.17, 15) is 20.1 Å². The van der Waals surface area contributed by atoms with E-state index in [1.54, 1.807) is 6.20 Å². The molecule has 26 heavy (non-hydrogen) atoms. The fourth-order valence-corrected chi connectivity index (χ4v) is 3.37. The minimum absolute atomic E-state index is 0.0255. The van der Waals surface area contributed by atoms with Crippen LogP contribution in [-0.4, -0.2) is 73.8 Å². The van der Waals surface area contributed by atoms with Gasteiger partial charge in [0.05, 0.1) is 31.3 Å². The number of aliphatic hydroxyl groups excluding tert-OH is 2. The van der Waals surface area contributed by atoms with Gasteiger partial charge in [0.2, 0.25) is 5.91 Å². The average molecular weight is 365 g/mol. The van der Waals surface area contributed by atoms with Crippen LogP contribution in [0, 0.1) is 0 Å². The minimum Gasteiger partial charge on any atom is -0.467 e. The molecular formula is C15H19N5O6. The molecule has 0 radical (unpaired) electrons. The van der Waals surface area contributed by atoms with E-state index in [1.807, 2.05) is 0 Å². The van der Waals surface area contributed by atoms with E-state index in [4.69, 9.17) is 9.47 Å². The summed E-state index contributed by atoms with van der Waals surface area (Å²) in [5, 5.41) is 36.6. The fraction of sp³-hybridized carbons (Fsp3) is 0.533. The van der Waals surface area contributed by atoms with Crippen molar-refractivity contribution < 1.29 is 29.6 Å². The van der Waals surface area contributed by atoms with Crippen molar-refractivity contribution in [2.24, 2.45) is 0 Å². The van der Waals surface area contributed by atoms with Gasteiger partial charge in [-0.05, 0) is 6.92 Å². The predicted octanol–water partition coefficient (Wildman–Crippen LogP) is -1.19. The van der Waals surface area contributed by atoms with Gasteiger partial charge in [-0.15, -0.1) is 0 Å². The Balaban J connectivity index is 1.92. The van der Waals surface area contributed by atoms with E-state index in [-0.39, 0.29) is 24.3 Å². The summed E-state index contributed by atoms with van der Waals surface area (Å²) in [6, 6.07) is 0.0255. The van der Waals surface area contributed by atoms with Gasteiger partial charge in [-0.1, -0.05) is 0 Å². The quantitative estimate of drug-likeness (QED) is 0.452. The van der Waals surface area contributed by atoms with Crippen LogP contribution in [0.15, 0.2) is 6.20 Å². The molecule has 11 nitrogen and oxygen atoms in total. The number of aromatic nitrogens is 3. The van der Waals surface area contributed by atoms with Crippen molar-refractivity contribution in [3.63, 3.8) is 0 Å². The van der Waals surface area contributed by atoms with Gasteiger partial charge in [0, 0.05) is 6.20 Å². The lowest BCUT2D eigenvalue weighted by atomic mass is 9.96.